The molecule has 0 saturated heterocycles. The molecule has 1 aromatic carbocycles. The van der Waals surface area contributed by atoms with Gasteiger partial charge in [-0.3, -0.25) is 4.68 Å². The predicted octanol–water partition coefficient (Wildman–Crippen LogP) is 6.01. The van der Waals surface area contributed by atoms with Crippen LogP contribution in [0.15, 0.2) is 30.3 Å². The van der Waals surface area contributed by atoms with E-state index < -0.39 is 0 Å². The van der Waals surface area contributed by atoms with E-state index in [0.717, 1.165) is 0 Å². The summed E-state index contributed by atoms with van der Waals surface area (Å²) in [6.07, 6.45) is 0. The van der Waals surface area contributed by atoms with Crippen LogP contribution >= 0.6 is 0 Å². The van der Waals surface area contributed by atoms with Gasteiger partial charge in [0.25, 0.3) is 0 Å². The molecule has 0 bridgehead atoms. The molecule has 0 amide bonds. The zero-order valence-electron chi connectivity index (χ0n) is 15.4. The Balaban J connectivity index is 0.00000264. The molecule has 1 atom stereocenters. The van der Waals surface area contributed by atoms with Gasteiger partial charge < -0.3 is 0 Å². The Hall–Kier alpha value is -0.882. The number of aromatic nitrogens is 2. The third kappa shape index (κ3) is 4.15. The topological polar surface area (TPSA) is 17.8 Å². The van der Waals surface area contributed by atoms with Crippen molar-refractivity contribution in [3.63, 3.8) is 0 Å². The summed E-state index contributed by atoms with van der Waals surface area (Å²) < 4.78 is 2.25. The van der Waals surface area contributed by atoms with E-state index in [4.69, 9.17) is 5.10 Å². The average Bonchev–Trinajstić information content (AvgIpc) is 2.87. The second-order valence-corrected chi connectivity index (χ2v) is 7.24. The number of rotatable bonds is 5. The number of hydrogen-bond donors (Lipinski definition) is 0. The van der Waals surface area contributed by atoms with Crippen molar-refractivity contribution in [1.82, 2.24) is 9.78 Å². The Morgan fingerprint density at radius 3 is 1.87 bits per heavy atom. The molecule has 0 aliphatic heterocycles. The standard InChI is InChI=1S/C20H30N2.Pt/c1-13(2)16(7)20-18(17-11-9-8-10-12-17)19(14(3)4)21-22(20)15(5)6;/h8-16H,1-7H3;. The van der Waals surface area contributed by atoms with Crippen LogP contribution in [0.25, 0.3) is 11.1 Å². The van der Waals surface area contributed by atoms with Gasteiger partial charge in [0.15, 0.2) is 0 Å². The average molecular weight is 494 g/mol. The van der Waals surface area contributed by atoms with E-state index in [1.807, 2.05) is 0 Å². The van der Waals surface area contributed by atoms with Crippen molar-refractivity contribution in [2.75, 3.05) is 0 Å². The summed E-state index contributed by atoms with van der Waals surface area (Å²) in [5.41, 5.74) is 5.26. The monoisotopic (exact) mass is 493 g/mol. The summed E-state index contributed by atoms with van der Waals surface area (Å²) in [7, 11) is 0. The van der Waals surface area contributed by atoms with Gasteiger partial charge in [0.2, 0.25) is 0 Å². The van der Waals surface area contributed by atoms with Crippen molar-refractivity contribution < 1.29 is 21.1 Å². The van der Waals surface area contributed by atoms with Gasteiger partial charge >= 0.3 is 0 Å². The van der Waals surface area contributed by atoms with Gasteiger partial charge in [-0.25, -0.2) is 0 Å². The maximum absolute atomic E-state index is 5.01. The molecule has 0 N–H and O–H groups in total. The quantitative estimate of drug-likeness (QED) is 0.499. The molecular weight excluding hydrogens is 463 g/mol. The van der Waals surface area contributed by atoms with E-state index in [-0.39, 0.29) is 21.1 Å². The number of hydrogen-bond acceptors (Lipinski definition) is 1. The molecule has 1 heterocycles. The van der Waals surface area contributed by atoms with Crippen LogP contribution in [0.4, 0.5) is 0 Å². The summed E-state index contributed by atoms with van der Waals surface area (Å²) in [6.45, 7) is 15.9. The molecule has 2 aromatic rings. The van der Waals surface area contributed by atoms with Crippen LogP contribution in [0.5, 0.6) is 0 Å². The van der Waals surface area contributed by atoms with Crippen LogP contribution in [0.2, 0.25) is 0 Å². The maximum Gasteiger partial charge on any atom is 0.0731 e. The molecule has 2 rings (SSSR count). The molecule has 130 valence electrons. The molecule has 0 saturated carbocycles. The Kier molecular flexibility index (Phi) is 7.26. The third-order valence-electron chi connectivity index (χ3n) is 4.50. The first kappa shape index (κ1) is 20.2. The molecule has 0 spiro atoms. The van der Waals surface area contributed by atoms with Gasteiger partial charge in [-0.1, -0.05) is 65.0 Å². The van der Waals surface area contributed by atoms with Crippen molar-refractivity contribution in [2.45, 2.75) is 66.3 Å². The van der Waals surface area contributed by atoms with Gasteiger partial charge in [0.05, 0.1) is 5.69 Å². The smallest absolute Gasteiger partial charge is 0.0731 e. The molecule has 1 unspecified atom stereocenters. The molecule has 0 aliphatic rings. The molecule has 23 heavy (non-hydrogen) atoms. The Bertz CT molecular complexity index is 612. The summed E-state index contributed by atoms with van der Waals surface area (Å²) in [5, 5.41) is 5.01. The van der Waals surface area contributed by atoms with E-state index >= 15 is 0 Å². The normalized spacial score (nSPS) is 12.8. The summed E-state index contributed by atoms with van der Waals surface area (Å²) >= 11 is 0. The van der Waals surface area contributed by atoms with Gasteiger partial charge in [-0.2, -0.15) is 5.10 Å². The second kappa shape index (κ2) is 8.29. The minimum Gasteiger partial charge on any atom is -0.266 e. The second-order valence-electron chi connectivity index (χ2n) is 7.24. The Labute approximate surface area is 155 Å². The SMILES string of the molecule is CC(C)c1nn(C(C)C)c(C(C)C(C)C)c1-c1ccccc1.[Pt]. The third-order valence-corrected chi connectivity index (χ3v) is 4.50. The first-order valence-electron chi connectivity index (χ1n) is 8.52. The fourth-order valence-corrected chi connectivity index (χ4v) is 2.92. The van der Waals surface area contributed by atoms with Crippen molar-refractivity contribution in [3.8, 4) is 11.1 Å². The van der Waals surface area contributed by atoms with Crippen molar-refractivity contribution in [3.05, 3.63) is 41.7 Å². The van der Waals surface area contributed by atoms with Crippen molar-refractivity contribution in [1.29, 1.82) is 0 Å². The van der Waals surface area contributed by atoms with Crippen molar-refractivity contribution in [2.24, 2.45) is 5.92 Å². The van der Waals surface area contributed by atoms with E-state index in [1.165, 1.54) is 22.5 Å². The molecule has 2 nitrogen and oxygen atoms in total. The van der Waals surface area contributed by atoms with Crippen LogP contribution in [0.3, 0.4) is 0 Å². The Morgan fingerprint density at radius 2 is 1.43 bits per heavy atom. The fraction of sp³-hybridized carbons (Fsp3) is 0.550. The number of nitrogens with zero attached hydrogens (tertiary/aromatic N) is 2. The van der Waals surface area contributed by atoms with E-state index in [9.17, 15) is 0 Å². The predicted molar refractivity (Wildman–Crippen MR) is 95.4 cm³/mol. The first-order valence-corrected chi connectivity index (χ1v) is 8.52. The van der Waals surface area contributed by atoms with Crippen LogP contribution in [0.1, 0.15) is 77.7 Å². The van der Waals surface area contributed by atoms with Gasteiger partial charge in [-0.05, 0) is 31.2 Å². The van der Waals surface area contributed by atoms with Crippen LogP contribution in [-0.4, -0.2) is 9.78 Å². The van der Waals surface area contributed by atoms with E-state index in [0.29, 0.717) is 23.8 Å². The summed E-state index contributed by atoms with van der Waals surface area (Å²) in [5.74, 6) is 1.50. The fourth-order valence-electron chi connectivity index (χ4n) is 2.92. The zero-order chi connectivity index (χ0) is 16.4. The summed E-state index contributed by atoms with van der Waals surface area (Å²) in [6, 6.07) is 11.1. The van der Waals surface area contributed by atoms with Gasteiger partial charge in [0.1, 0.15) is 0 Å². The van der Waals surface area contributed by atoms with Crippen LogP contribution in [0, 0.1) is 5.92 Å². The minimum absolute atomic E-state index is 0. The van der Waals surface area contributed by atoms with Gasteiger partial charge in [-0.15, -0.1) is 0 Å². The Morgan fingerprint density at radius 1 is 0.870 bits per heavy atom. The van der Waals surface area contributed by atoms with Crippen LogP contribution in [-0.2, 0) is 21.1 Å². The molecule has 0 aliphatic carbocycles. The summed E-state index contributed by atoms with van der Waals surface area (Å²) in [4.78, 5) is 0. The largest absolute Gasteiger partial charge is 0.266 e. The molecule has 0 fully saturated rings. The van der Waals surface area contributed by atoms with Gasteiger partial charge in [0, 0.05) is 44.3 Å². The maximum atomic E-state index is 5.01. The number of benzene rings is 1. The molecule has 0 radical (unpaired) electrons. The zero-order valence-corrected chi connectivity index (χ0v) is 17.7. The van der Waals surface area contributed by atoms with Crippen molar-refractivity contribution >= 4 is 0 Å². The van der Waals surface area contributed by atoms with E-state index in [1.54, 1.807) is 0 Å². The van der Waals surface area contributed by atoms with Crippen LogP contribution < -0.4 is 0 Å². The molecule has 1 aromatic heterocycles. The molecule has 3 heteroatoms. The molecular formula is C20H30N2Pt. The van der Waals surface area contributed by atoms with E-state index in [2.05, 4.69) is 83.5 Å². The minimum atomic E-state index is 0. The first-order chi connectivity index (χ1) is 10.3.